The second-order valence-electron chi connectivity index (χ2n) is 14.3. The Labute approximate surface area is 291 Å². The zero-order chi connectivity index (χ0) is 34.1. The van der Waals surface area contributed by atoms with E-state index in [9.17, 15) is 9.59 Å². The van der Waals surface area contributed by atoms with E-state index in [-0.39, 0.29) is 23.8 Å². The Morgan fingerprint density at radius 2 is 0.820 bits per heavy atom. The molecule has 6 aromatic rings. The lowest BCUT2D eigenvalue weighted by Gasteiger charge is -2.64. The number of aryl methyl sites for hydroxylation is 2. The maximum absolute atomic E-state index is 13.4. The number of hydrogen-bond acceptors (Lipinski definition) is 4. The smallest absolute Gasteiger partial charge is 0.337 e. The molecule has 0 saturated carbocycles. The zero-order valence-electron chi connectivity index (χ0n) is 28.3. The first-order valence-electron chi connectivity index (χ1n) is 17.2. The lowest BCUT2D eigenvalue weighted by Crippen LogP contribution is -2.61. The van der Waals surface area contributed by atoms with Gasteiger partial charge in [-0.2, -0.15) is 0 Å². The van der Waals surface area contributed by atoms with Crippen LogP contribution in [0.2, 0.25) is 0 Å². The van der Waals surface area contributed by atoms with Crippen LogP contribution in [0, 0.1) is 13.8 Å². The lowest BCUT2D eigenvalue weighted by molar-refractivity contribution is 0.0591. The number of benzene rings is 6. The van der Waals surface area contributed by atoms with Gasteiger partial charge in [-0.3, -0.25) is 0 Å². The number of carbonyl (C=O) groups excluding carboxylic acids is 2. The maximum Gasteiger partial charge on any atom is 0.337 e. The summed E-state index contributed by atoms with van der Waals surface area (Å²) in [4.78, 5) is 26.8. The van der Waals surface area contributed by atoms with Gasteiger partial charge in [-0.25, -0.2) is 9.59 Å². The van der Waals surface area contributed by atoms with Crippen LogP contribution in [0.3, 0.4) is 0 Å². The Bertz CT molecular complexity index is 2330. The van der Waals surface area contributed by atoms with Crippen LogP contribution in [-0.4, -0.2) is 26.2 Å². The number of ether oxygens (including phenoxy) is 2. The molecule has 50 heavy (non-hydrogen) atoms. The highest BCUT2D eigenvalue weighted by Gasteiger charge is 2.68. The molecule has 6 aliphatic rings. The molecule has 4 nitrogen and oxygen atoms in total. The summed E-state index contributed by atoms with van der Waals surface area (Å²) in [5.41, 5.74) is 16.3. The number of esters is 2. The highest BCUT2D eigenvalue weighted by molar-refractivity contribution is 5.93. The average Bonchev–Trinajstić information content (AvgIpc) is 3.16. The standard InChI is InChI=1S/C46H34O4/c1-25-13-19-37-33(21-25)41-29-9-5-7-11-35(29)45(37,39-23-27(43(47)49-3)15-17-31(39)41)46-36-12-8-6-10-30(36)42(34-22-26(2)14-20-38(34)46)32-18-16-28(24-40(32)46)44(48)50-4/h5-24,41-42H,1-4H3/t41-,42+,45+,46-. The largest absolute Gasteiger partial charge is 0.465 e. The van der Waals surface area contributed by atoms with Crippen molar-refractivity contribution >= 4 is 11.9 Å². The van der Waals surface area contributed by atoms with Crippen LogP contribution in [0.1, 0.15) is 110 Å². The van der Waals surface area contributed by atoms with E-state index >= 15 is 0 Å². The van der Waals surface area contributed by atoms with Gasteiger partial charge in [0.1, 0.15) is 0 Å². The summed E-state index contributed by atoms with van der Waals surface area (Å²) in [7, 11) is 2.88. The van der Waals surface area contributed by atoms with Gasteiger partial charge in [0.2, 0.25) is 0 Å². The third-order valence-corrected chi connectivity index (χ3v) is 12.1. The molecule has 12 rings (SSSR count). The van der Waals surface area contributed by atoms with Gasteiger partial charge in [-0.1, -0.05) is 108 Å². The van der Waals surface area contributed by atoms with E-state index in [2.05, 4.69) is 123 Å². The van der Waals surface area contributed by atoms with E-state index in [1.54, 1.807) is 0 Å². The van der Waals surface area contributed by atoms with Crippen molar-refractivity contribution < 1.29 is 19.1 Å². The number of methoxy groups -OCH3 is 2. The van der Waals surface area contributed by atoms with Crippen molar-refractivity contribution in [1.82, 2.24) is 0 Å². The van der Waals surface area contributed by atoms with Crippen molar-refractivity contribution in [2.75, 3.05) is 14.2 Å². The monoisotopic (exact) mass is 650 g/mol. The molecule has 242 valence electrons. The summed E-state index contributed by atoms with van der Waals surface area (Å²) in [5.74, 6) is -0.739. The summed E-state index contributed by atoms with van der Waals surface area (Å²) in [6, 6.07) is 44.0. The molecule has 0 saturated heterocycles. The van der Waals surface area contributed by atoms with Gasteiger partial charge >= 0.3 is 11.9 Å². The second kappa shape index (κ2) is 9.92. The minimum absolute atomic E-state index is 0.00499. The summed E-state index contributed by atoms with van der Waals surface area (Å²) in [5, 5.41) is 0. The predicted octanol–water partition coefficient (Wildman–Crippen LogP) is 8.86. The summed E-state index contributed by atoms with van der Waals surface area (Å²) in [6.07, 6.45) is 0. The molecule has 0 N–H and O–H groups in total. The third kappa shape index (κ3) is 3.23. The van der Waals surface area contributed by atoms with Crippen LogP contribution in [0.4, 0.5) is 0 Å². The van der Waals surface area contributed by atoms with E-state index in [1.165, 1.54) is 81.0 Å². The van der Waals surface area contributed by atoms with E-state index in [4.69, 9.17) is 9.47 Å². The van der Waals surface area contributed by atoms with Gasteiger partial charge in [-0.15, -0.1) is 0 Å². The number of rotatable bonds is 3. The third-order valence-electron chi connectivity index (χ3n) is 12.1. The Kier molecular flexibility index (Phi) is 5.79. The predicted molar refractivity (Wildman–Crippen MR) is 192 cm³/mol. The van der Waals surface area contributed by atoms with Crippen molar-refractivity contribution in [2.45, 2.75) is 36.5 Å². The first-order valence-corrected chi connectivity index (χ1v) is 17.2. The van der Waals surface area contributed by atoms with Crippen LogP contribution in [-0.2, 0) is 20.3 Å². The molecular weight excluding hydrogens is 617 g/mol. The van der Waals surface area contributed by atoms with Crippen LogP contribution in [0.5, 0.6) is 0 Å². The summed E-state index contributed by atoms with van der Waals surface area (Å²) >= 11 is 0. The minimum atomic E-state index is -0.851. The molecule has 0 heterocycles. The molecule has 4 bridgehead atoms. The summed E-state index contributed by atoms with van der Waals surface area (Å²) in [6.45, 7) is 4.33. The topological polar surface area (TPSA) is 52.6 Å². The summed E-state index contributed by atoms with van der Waals surface area (Å²) < 4.78 is 10.7. The minimum Gasteiger partial charge on any atom is -0.465 e. The molecule has 4 atom stereocenters. The highest BCUT2D eigenvalue weighted by Crippen LogP contribution is 2.73. The molecule has 6 aliphatic carbocycles. The van der Waals surface area contributed by atoms with E-state index < -0.39 is 10.8 Å². The Morgan fingerprint density at radius 1 is 0.440 bits per heavy atom. The van der Waals surface area contributed by atoms with Crippen molar-refractivity contribution in [3.63, 3.8) is 0 Å². The van der Waals surface area contributed by atoms with E-state index in [0.717, 1.165) is 11.1 Å². The van der Waals surface area contributed by atoms with E-state index in [0.29, 0.717) is 11.1 Å². The van der Waals surface area contributed by atoms with Crippen molar-refractivity contribution in [2.24, 2.45) is 0 Å². The first kappa shape index (κ1) is 29.2. The molecule has 0 spiro atoms. The highest BCUT2D eigenvalue weighted by atomic mass is 16.5. The molecule has 0 unspecified atom stereocenters. The van der Waals surface area contributed by atoms with Crippen LogP contribution in [0.25, 0.3) is 0 Å². The molecule has 4 heteroatoms. The van der Waals surface area contributed by atoms with Gasteiger partial charge in [0, 0.05) is 11.8 Å². The van der Waals surface area contributed by atoms with Crippen molar-refractivity contribution in [3.05, 3.63) is 210 Å². The van der Waals surface area contributed by atoms with Gasteiger partial charge in [0.05, 0.1) is 36.2 Å². The second-order valence-corrected chi connectivity index (χ2v) is 14.3. The fourth-order valence-corrected chi connectivity index (χ4v) is 10.5. The number of hydrogen-bond donors (Lipinski definition) is 0. The number of carbonyl (C=O) groups is 2. The lowest BCUT2D eigenvalue weighted by atomic mass is 9.36. The molecule has 0 fully saturated rings. The Balaban J connectivity index is 1.51. The molecule has 0 aliphatic heterocycles. The van der Waals surface area contributed by atoms with Crippen molar-refractivity contribution in [3.8, 4) is 0 Å². The van der Waals surface area contributed by atoms with Gasteiger partial charge in [0.15, 0.2) is 0 Å². The van der Waals surface area contributed by atoms with E-state index in [1.807, 2.05) is 12.1 Å². The average molecular weight is 651 g/mol. The molecular formula is C46H34O4. The SMILES string of the molecule is COC(=O)c1ccc2c(c1)[C@@]1([C@@]34c5ccccc5[C@@H](c5cc(C)ccc53)c3ccc(C(=O)OC)cc34)c3ccccc3[C@@H]2c2cc(C)ccc21. The normalized spacial score (nSPS) is 22.3. The van der Waals surface area contributed by atoms with Crippen LogP contribution >= 0.6 is 0 Å². The first-order chi connectivity index (χ1) is 24.4. The van der Waals surface area contributed by atoms with Gasteiger partial charge < -0.3 is 9.47 Å². The molecule has 0 amide bonds. The Hall–Kier alpha value is -5.74. The fourth-order valence-electron chi connectivity index (χ4n) is 10.5. The van der Waals surface area contributed by atoms with Crippen LogP contribution < -0.4 is 0 Å². The molecule has 0 radical (unpaired) electrons. The van der Waals surface area contributed by atoms with Gasteiger partial charge in [-0.05, 0) is 105 Å². The quantitative estimate of drug-likeness (QED) is 0.180. The fraction of sp³-hybridized carbons (Fsp3) is 0.174. The van der Waals surface area contributed by atoms with Gasteiger partial charge in [0.25, 0.3) is 0 Å². The Morgan fingerprint density at radius 3 is 1.24 bits per heavy atom. The molecule has 6 aromatic carbocycles. The zero-order valence-corrected chi connectivity index (χ0v) is 28.3. The van der Waals surface area contributed by atoms with Crippen molar-refractivity contribution in [1.29, 1.82) is 0 Å². The maximum atomic E-state index is 13.4. The van der Waals surface area contributed by atoms with Crippen LogP contribution in [0.15, 0.2) is 121 Å². The molecule has 0 aromatic heterocycles.